The molecule has 0 aliphatic rings. The average Bonchev–Trinajstić information content (AvgIpc) is 2.50. The van der Waals surface area contributed by atoms with E-state index in [-0.39, 0.29) is 0 Å². The van der Waals surface area contributed by atoms with Crippen LogP contribution in [0.3, 0.4) is 0 Å². The Balaban J connectivity index is 1.83. The number of rotatable bonds is 5. The Labute approximate surface area is 129 Å². The number of thiocarbonyl (C=S) groups is 1. The standard InChI is InChI=1S/C16H17N3OS/c1-2-20-15-10-8-13(9-11-15)12-17-19-16(21)18-14-6-4-3-5-7-14/h3-12H,2H2,1H3,(H2,18,19,21)/p+1. The average molecular weight is 300 g/mol. The number of anilines is 1. The Bertz CT molecular complexity index is 597. The summed E-state index contributed by atoms with van der Waals surface area (Å²) in [4.78, 5) is 0. The van der Waals surface area contributed by atoms with E-state index in [9.17, 15) is 0 Å². The number of para-hydroxylation sites is 1. The van der Waals surface area contributed by atoms with E-state index in [1.807, 2.05) is 67.7 Å². The van der Waals surface area contributed by atoms with Gasteiger partial charge in [0.2, 0.25) is 5.11 Å². The van der Waals surface area contributed by atoms with Gasteiger partial charge < -0.3 is 10.1 Å². The van der Waals surface area contributed by atoms with Crippen molar-refractivity contribution in [1.82, 2.24) is 5.43 Å². The van der Waals surface area contributed by atoms with E-state index in [4.69, 9.17) is 17.0 Å². The van der Waals surface area contributed by atoms with Gasteiger partial charge in [0.1, 0.15) is 5.75 Å². The lowest BCUT2D eigenvalue weighted by Gasteiger charge is -2.03. The lowest BCUT2D eigenvalue weighted by Crippen LogP contribution is -2.82. The maximum atomic E-state index is 5.39. The predicted octanol–water partition coefficient (Wildman–Crippen LogP) is 1.49. The second kappa shape index (κ2) is 8.01. The van der Waals surface area contributed by atoms with Crippen LogP contribution in [-0.4, -0.2) is 17.9 Å². The van der Waals surface area contributed by atoms with Crippen molar-refractivity contribution >= 4 is 29.2 Å². The largest absolute Gasteiger partial charge is 0.494 e. The van der Waals surface area contributed by atoms with Crippen molar-refractivity contribution in [2.75, 3.05) is 11.9 Å². The van der Waals surface area contributed by atoms with Crippen LogP contribution in [0.2, 0.25) is 0 Å². The summed E-state index contributed by atoms with van der Waals surface area (Å²) in [5, 5.41) is 6.53. The highest BCUT2D eigenvalue weighted by molar-refractivity contribution is 7.80. The molecule has 0 saturated heterocycles. The van der Waals surface area contributed by atoms with Gasteiger partial charge in [-0.05, 0) is 55.5 Å². The van der Waals surface area contributed by atoms with Crippen molar-refractivity contribution in [3.8, 4) is 5.75 Å². The summed E-state index contributed by atoms with van der Waals surface area (Å²) in [6, 6.07) is 17.5. The molecular weight excluding hydrogens is 282 g/mol. The third-order valence-electron chi connectivity index (χ3n) is 2.65. The van der Waals surface area contributed by atoms with Crippen LogP contribution in [0.15, 0.2) is 54.6 Å². The molecule has 0 spiro atoms. The number of hydrazine groups is 1. The maximum Gasteiger partial charge on any atom is 0.228 e. The summed E-state index contributed by atoms with van der Waals surface area (Å²) in [5.41, 5.74) is 4.87. The normalized spacial score (nSPS) is 10.3. The molecule has 21 heavy (non-hydrogen) atoms. The van der Waals surface area contributed by atoms with E-state index in [0.29, 0.717) is 11.7 Å². The molecule has 0 radical (unpaired) electrons. The second-order valence-corrected chi connectivity index (χ2v) is 4.64. The molecule has 108 valence electrons. The zero-order valence-electron chi connectivity index (χ0n) is 11.8. The van der Waals surface area contributed by atoms with E-state index in [2.05, 4.69) is 15.8 Å². The van der Waals surface area contributed by atoms with Gasteiger partial charge in [-0.2, -0.15) is 0 Å². The van der Waals surface area contributed by atoms with Gasteiger partial charge in [0.25, 0.3) is 0 Å². The van der Waals surface area contributed by atoms with Crippen molar-refractivity contribution in [2.45, 2.75) is 6.92 Å². The molecule has 0 bridgehead atoms. The van der Waals surface area contributed by atoms with E-state index >= 15 is 0 Å². The van der Waals surface area contributed by atoms with Crippen molar-refractivity contribution < 1.29 is 9.84 Å². The molecule has 0 fully saturated rings. The molecule has 0 aliphatic heterocycles. The highest BCUT2D eigenvalue weighted by atomic mass is 32.1. The first-order chi connectivity index (χ1) is 10.3. The van der Waals surface area contributed by atoms with E-state index in [1.165, 1.54) is 0 Å². The van der Waals surface area contributed by atoms with Crippen LogP contribution in [0.25, 0.3) is 0 Å². The van der Waals surface area contributed by atoms with Crippen LogP contribution in [0.5, 0.6) is 5.75 Å². The van der Waals surface area contributed by atoms with Gasteiger partial charge >= 0.3 is 0 Å². The molecule has 0 amide bonds. The minimum atomic E-state index is 0.503. The van der Waals surface area contributed by atoms with E-state index in [1.54, 1.807) is 0 Å². The second-order valence-electron chi connectivity index (χ2n) is 4.24. The first-order valence-electron chi connectivity index (χ1n) is 6.71. The number of hydrazone groups is 1. The van der Waals surface area contributed by atoms with Crippen molar-refractivity contribution in [3.05, 3.63) is 60.2 Å². The molecule has 4 nitrogen and oxygen atoms in total. The quantitative estimate of drug-likeness (QED) is 0.445. The van der Waals surface area contributed by atoms with Gasteiger partial charge in [0.05, 0.1) is 6.61 Å². The van der Waals surface area contributed by atoms with Crippen LogP contribution < -0.4 is 20.6 Å². The Kier molecular flexibility index (Phi) is 5.72. The fraction of sp³-hybridized carbons (Fsp3) is 0.125. The van der Waals surface area contributed by atoms with Crippen molar-refractivity contribution in [1.29, 1.82) is 0 Å². The van der Waals surface area contributed by atoms with Gasteiger partial charge in [0, 0.05) is 11.3 Å². The molecule has 2 rings (SSSR count). The molecule has 2 aromatic rings. The summed E-state index contributed by atoms with van der Waals surface area (Å²) in [7, 11) is 0. The van der Waals surface area contributed by atoms with Crippen LogP contribution in [0, 0.1) is 0 Å². The Hall–Kier alpha value is -2.40. The van der Waals surface area contributed by atoms with Gasteiger partial charge in [-0.15, -0.1) is 10.5 Å². The number of hydrogen-bond donors (Lipinski definition) is 3. The summed E-state index contributed by atoms with van der Waals surface area (Å²) in [5.74, 6) is 0.865. The highest BCUT2D eigenvalue weighted by Gasteiger charge is 1.98. The third-order valence-corrected chi connectivity index (χ3v) is 2.85. The monoisotopic (exact) mass is 300 g/mol. The SMILES string of the molecule is CCOc1ccc(C=[NH+]NC(=S)Nc2ccccc2)cc1. The van der Waals surface area contributed by atoms with Crippen molar-refractivity contribution in [2.24, 2.45) is 0 Å². The predicted molar refractivity (Wildman–Crippen MR) is 89.5 cm³/mol. The molecule has 5 heteroatoms. The van der Waals surface area contributed by atoms with Crippen molar-refractivity contribution in [3.63, 3.8) is 0 Å². The van der Waals surface area contributed by atoms with Crippen LogP contribution in [0.4, 0.5) is 5.69 Å². The summed E-state index contributed by atoms with van der Waals surface area (Å²) in [6.45, 7) is 2.63. The molecule has 3 N–H and O–H groups in total. The number of nitrogens with one attached hydrogen (secondary N) is 3. The van der Waals surface area contributed by atoms with Gasteiger partial charge in [-0.1, -0.05) is 18.2 Å². The van der Waals surface area contributed by atoms with Gasteiger partial charge in [-0.3, -0.25) is 0 Å². The van der Waals surface area contributed by atoms with Crippen LogP contribution >= 0.6 is 12.2 Å². The van der Waals surface area contributed by atoms with Gasteiger partial charge in [0.15, 0.2) is 6.21 Å². The van der Waals surface area contributed by atoms with Crippen LogP contribution in [0.1, 0.15) is 12.5 Å². The minimum Gasteiger partial charge on any atom is -0.494 e. The number of benzene rings is 2. The Morgan fingerprint density at radius 3 is 2.52 bits per heavy atom. The first kappa shape index (κ1) is 15.0. The molecular formula is C16H18N3OS+. The first-order valence-corrected chi connectivity index (χ1v) is 7.12. The molecule has 0 atom stereocenters. The molecule has 0 heterocycles. The van der Waals surface area contributed by atoms with Crippen LogP contribution in [-0.2, 0) is 0 Å². The summed E-state index contributed by atoms with van der Waals surface area (Å²) < 4.78 is 5.39. The topological polar surface area (TPSA) is 47.3 Å². The van der Waals surface area contributed by atoms with Gasteiger partial charge in [-0.25, -0.2) is 0 Å². The molecule has 0 aromatic heterocycles. The summed E-state index contributed by atoms with van der Waals surface area (Å²) in [6.07, 6.45) is 1.83. The maximum absolute atomic E-state index is 5.39. The zero-order valence-corrected chi connectivity index (χ0v) is 12.6. The number of hydrogen-bond acceptors (Lipinski definition) is 2. The lowest BCUT2D eigenvalue weighted by molar-refractivity contribution is -0.499. The van der Waals surface area contributed by atoms with E-state index in [0.717, 1.165) is 17.0 Å². The minimum absolute atomic E-state index is 0.503. The molecule has 0 unspecified atom stereocenters. The molecule has 0 saturated carbocycles. The fourth-order valence-electron chi connectivity index (χ4n) is 1.70. The zero-order chi connectivity index (χ0) is 14.9. The Morgan fingerprint density at radius 2 is 1.86 bits per heavy atom. The molecule has 0 aliphatic carbocycles. The third kappa shape index (κ3) is 5.24. The fourth-order valence-corrected chi connectivity index (χ4v) is 1.87. The van der Waals surface area contributed by atoms with E-state index < -0.39 is 0 Å². The molecule has 2 aromatic carbocycles. The summed E-state index contributed by atoms with van der Waals surface area (Å²) >= 11 is 5.18. The lowest BCUT2D eigenvalue weighted by atomic mass is 10.2. The Morgan fingerprint density at radius 1 is 1.14 bits per heavy atom. The highest BCUT2D eigenvalue weighted by Crippen LogP contribution is 2.10. The number of ether oxygens (including phenoxy) is 1. The smallest absolute Gasteiger partial charge is 0.228 e.